The topological polar surface area (TPSA) is 121 Å². The Labute approximate surface area is 270 Å². The number of aromatic nitrogens is 3. The fraction of sp³-hybridized carbons (Fsp3) is 0.531. The fourth-order valence-electron chi connectivity index (χ4n) is 6.06. The quantitative estimate of drug-likeness (QED) is 0.231. The van der Waals surface area contributed by atoms with Crippen molar-refractivity contribution in [2.75, 3.05) is 29.9 Å². The average Bonchev–Trinajstić information content (AvgIpc) is 3.63. The molecule has 0 unspecified atom stereocenters. The molecule has 1 atom stereocenters. The molecule has 1 aromatic carbocycles. The molecule has 0 saturated carbocycles. The number of likely N-dealkylation sites (tertiary alicyclic amines) is 1. The van der Waals surface area contributed by atoms with Crippen LogP contribution in [0.2, 0.25) is 0 Å². The predicted octanol–water partition coefficient (Wildman–Crippen LogP) is 6.72. The van der Waals surface area contributed by atoms with Crippen molar-refractivity contribution < 1.29 is 32.6 Å². The van der Waals surface area contributed by atoms with Crippen LogP contribution < -0.4 is 15.0 Å². The molecule has 2 fully saturated rings. The van der Waals surface area contributed by atoms with Crippen molar-refractivity contribution in [2.45, 2.75) is 84.2 Å². The van der Waals surface area contributed by atoms with Gasteiger partial charge in [0.1, 0.15) is 17.3 Å². The summed E-state index contributed by atoms with van der Waals surface area (Å²) in [6, 6.07) is 4.36. The lowest BCUT2D eigenvalue weighted by Gasteiger charge is -2.30. The second-order valence-corrected chi connectivity index (χ2v) is 13.1. The first kappa shape index (κ1) is 33.6. The van der Waals surface area contributed by atoms with Gasteiger partial charge in [-0.25, -0.2) is 15.0 Å². The van der Waals surface area contributed by atoms with E-state index in [1.165, 1.54) is 29.8 Å². The number of piperidine rings is 1. The second kappa shape index (κ2) is 14.3. The van der Waals surface area contributed by atoms with E-state index in [2.05, 4.69) is 32.1 Å². The number of alkyl halides is 3. The van der Waals surface area contributed by atoms with Gasteiger partial charge in [0, 0.05) is 36.1 Å². The zero-order valence-electron chi connectivity index (χ0n) is 26.1. The van der Waals surface area contributed by atoms with Crippen molar-refractivity contribution in [3.63, 3.8) is 0 Å². The van der Waals surface area contributed by atoms with E-state index in [0.717, 1.165) is 43.2 Å². The van der Waals surface area contributed by atoms with Gasteiger partial charge in [-0.2, -0.15) is 13.2 Å². The molecule has 14 heteroatoms. The van der Waals surface area contributed by atoms with Gasteiger partial charge in [0.2, 0.25) is 0 Å². The summed E-state index contributed by atoms with van der Waals surface area (Å²) in [6.45, 7) is 7.93. The summed E-state index contributed by atoms with van der Waals surface area (Å²) in [5.74, 6) is -1.41. The molecule has 3 aromatic rings. The molecule has 0 radical (unpaired) electrons. The molecular weight excluding hydrogens is 621 g/mol. The average molecular weight is 661 g/mol. The zero-order valence-corrected chi connectivity index (χ0v) is 27.0. The third kappa shape index (κ3) is 7.95. The minimum atomic E-state index is -4.63. The first-order chi connectivity index (χ1) is 21.9. The van der Waals surface area contributed by atoms with Gasteiger partial charge in [-0.3, -0.25) is 19.8 Å². The number of ether oxygens (including phenoxy) is 1. The van der Waals surface area contributed by atoms with E-state index in [-0.39, 0.29) is 28.1 Å². The summed E-state index contributed by atoms with van der Waals surface area (Å²) >= 11 is 1.24. The fourth-order valence-corrected chi connectivity index (χ4v) is 7.06. The lowest BCUT2D eigenvalue weighted by atomic mass is 9.97. The van der Waals surface area contributed by atoms with E-state index in [4.69, 9.17) is 4.74 Å². The maximum absolute atomic E-state index is 14.1. The second-order valence-electron chi connectivity index (χ2n) is 12.0. The first-order valence-electron chi connectivity index (χ1n) is 15.7. The van der Waals surface area contributed by atoms with Crippen LogP contribution in [0.4, 0.5) is 24.1 Å². The number of benzene rings is 1. The molecule has 4 heterocycles. The van der Waals surface area contributed by atoms with E-state index in [9.17, 15) is 27.9 Å². The maximum Gasteiger partial charge on any atom is 0.419 e. The monoisotopic (exact) mass is 660 g/mol. The van der Waals surface area contributed by atoms with Crippen molar-refractivity contribution in [3.05, 3.63) is 46.7 Å². The summed E-state index contributed by atoms with van der Waals surface area (Å²) in [4.78, 5) is 42.8. The van der Waals surface area contributed by atoms with Gasteiger partial charge in [-0.1, -0.05) is 24.7 Å². The highest BCUT2D eigenvalue weighted by atomic mass is 32.1. The van der Waals surface area contributed by atoms with Gasteiger partial charge in [-0.05, 0) is 70.7 Å². The molecule has 0 spiro atoms. The van der Waals surface area contributed by atoms with E-state index in [1.807, 2.05) is 4.90 Å². The van der Waals surface area contributed by atoms with Gasteiger partial charge in [0.25, 0.3) is 5.91 Å². The molecule has 46 heavy (non-hydrogen) atoms. The molecule has 0 aliphatic carbocycles. The summed E-state index contributed by atoms with van der Waals surface area (Å²) < 4.78 is 47.8. The number of carbonyl (C=O) groups excluding carboxylic acids is 1. The third-order valence-corrected chi connectivity index (χ3v) is 9.30. The number of nitrogens with zero attached hydrogens (tertiary/aromatic N) is 5. The Bertz CT molecular complexity index is 1520. The molecule has 2 aromatic heterocycles. The number of hydrogen-bond donors (Lipinski definition) is 2. The minimum Gasteiger partial charge on any atom is -0.490 e. The number of halogens is 3. The number of carboxylic acid groups (broad SMARTS) is 1. The number of anilines is 2. The van der Waals surface area contributed by atoms with Crippen LogP contribution >= 0.6 is 11.3 Å². The first-order valence-corrected chi connectivity index (χ1v) is 16.5. The Morgan fingerprint density at radius 1 is 1.13 bits per heavy atom. The molecule has 248 valence electrons. The van der Waals surface area contributed by atoms with Crippen molar-refractivity contribution in [1.29, 1.82) is 0 Å². The standard InChI is InChI=1S/C32H39F3N6O4S/c1-4-6-22-7-5-12-41(22)18-26-28(21-8-9-25(45-19(2)3)23(15-21)32(33,34)35)38-31(46-26)39-29(42)24-16-37-27(17-36-24)40-13-10-20(11-14-40)30(43)44/h8-9,15-17,19-20,22H,4-7,10-14,18H2,1-3H3,(H,43,44)(H,38,39,42)/t22-/m1/s1. The maximum atomic E-state index is 14.1. The van der Waals surface area contributed by atoms with Crippen LogP contribution in [0.1, 0.15) is 80.2 Å². The summed E-state index contributed by atoms with van der Waals surface area (Å²) in [5, 5.41) is 12.3. The molecule has 2 aliphatic rings. The molecule has 0 bridgehead atoms. The molecule has 2 saturated heterocycles. The SMILES string of the molecule is CCC[C@@H]1CCCN1Cc1sc(NC(=O)c2cnc(N3CCC(C(=O)O)CC3)cn2)nc1-c1ccc(OC(C)C)c(C(F)(F)F)c1. The van der Waals surface area contributed by atoms with Crippen LogP contribution in [0.25, 0.3) is 11.3 Å². The van der Waals surface area contributed by atoms with Crippen molar-refractivity contribution in [1.82, 2.24) is 19.9 Å². The predicted molar refractivity (Wildman–Crippen MR) is 169 cm³/mol. The van der Waals surface area contributed by atoms with Crippen molar-refractivity contribution in [2.24, 2.45) is 5.92 Å². The summed E-state index contributed by atoms with van der Waals surface area (Å²) in [5.41, 5.74) is -0.150. The molecule has 1 amide bonds. The number of hydrogen-bond acceptors (Lipinski definition) is 9. The highest BCUT2D eigenvalue weighted by Gasteiger charge is 2.36. The van der Waals surface area contributed by atoms with Crippen LogP contribution in [0.15, 0.2) is 30.6 Å². The van der Waals surface area contributed by atoms with Gasteiger partial charge in [0.05, 0.1) is 35.7 Å². The summed E-state index contributed by atoms with van der Waals surface area (Å²) in [6.07, 6.45) is 2.95. The summed E-state index contributed by atoms with van der Waals surface area (Å²) in [7, 11) is 0. The molecular formula is C32H39F3N6O4S. The Balaban J connectivity index is 1.39. The number of rotatable bonds is 11. The van der Waals surface area contributed by atoms with Crippen molar-refractivity contribution in [3.8, 4) is 17.0 Å². The third-order valence-electron chi connectivity index (χ3n) is 8.35. The van der Waals surface area contributed by atoms with Gasteiger partial charge >= 0.3 is 12.1 Å². The highest BCUT2D eigenvalue weighted by Crippen LogP contribution is 2.41. The van der Waals surface area contributed by atoms with Crippen molar-refractivity contribution >= 4 is 34.2 Å². The lowest BCUT2D eigenvalue weighted by molar-refractivity contribution is -0.142. The number of carbonyl (C=O) groups is 2. The van der Waals surface area contributed by atoms with Crippen LogP contribution in [0.5, 0.6) is 5.75 Å². The Morgan fingerprint density at radius 2 is 1.89 bits per heavy atom. The van der Waals surface area contributed by atoms with Crippen LogP contribution in [-0.4, -0.2) is 68.6 Å². The van der Waals surface area contributed by atoms with Gasteiger partial charge in [0.15, 0.2) is 5.13 Å². The lowest BCUT2D eigenvalue weighted by Crippen LogP contribution is -2.36. The highest BCUT2D eigenvalue weighted by molar-refractivity contribution is 7.16. The normalized spacial score (nSPS) is 17.9. The number of aliphatic carboxylic acids is 1. The van der Waals surface area contributed by atoms with E-state index >= 15 is 0 Å². The Hall–Kier alpha value is -3.78. The largest absolute Gasteiger partial charge is 0.490 e. The molecule has 10 nitrogen and oxygen atoms in total. The smallest absolute Gasteiger partial charge is 0.419 e. The van der Waals surface area contributed by atoms with E-state index < -0.39 is 29.7 Å². The number of amides is 1. The molecule has 2 N–H and O–H groups in total. The van der Waals surface area contributed by atoms with Crippen LogP contribution in [0.3, 0.4) is 0 Å². The van der Waals surface area contributed by atoms with Crippen LogP contribution in [-0.2, 0) is 17.5 Å². The minimum absolute atomic E-state index is 0.0552. The Kier molecular flexibility index (Phi) is 10.5. The number of thiazole rings is 1. The Morgan fingerprint density at radius 3 is 2.52 bits per heavy atom. The molecule has 5 rings (SSSR count). The van der Waals surface area contributed by atoms with E-state index in [1.54, 1.807) is 19.9 Å². The number of carboxylic acids is 1. The molecule has 2 aliphatic heterocycles. The van der Waals surface area contributed by atoms with Gasteiger partial charge < -0.3 is 14.7 Å². The zero-order chi connectivity index (χ0) is 33.0. The van der Waals surface area contributed by atoms with E-state index in [0.29, 0.717) is 50.0 Å². The number of nitrogens with one attached hydrogen (secondary N) is 1. The van der Waals surface area contributed by atoms with Crippen LogP contribution in [0, 0.1) is 5.92 Å². The van der Waals surface area contributed by atoms with Gasteiger partial charge in [-0.15, -0.1) is 0 Å².